The first kappa shape index (κ1) is 13.2. The third kappa shape index (κ3) is 4.64. The molecule has 0 aliphatic rings. The average Bonchev–Trinajstić information content (AvgIpc) is 2.65. The highest BCUT2D eigenvalue weighted by atomic mass is 16.4. The molecule has 0 bridgehead atoms. The Labute approximate surface area is 99.0 Å². The molecule has 7 nitrogen and oxygen atoms in total. The van der Waals surface area contributed by atoms with Gasteiger partial charge >= 0.3 is 5.97 Å². The second-order valence-corrected chi connectivity index (χ2v) is 3.88. The second kappa shape index (κ2) is 6.00. The largest absolute Gasteiger partial charge is 0.478 e. The van der Waals surface area contributed by atoms with E-state index in [1.807, 2.05) is 19.0 Å². The minimum absolute atomic E-state index is 0.0285. The molecule has 1 heterocycles. The van der Waals surface area contributed by atoms with Crippen molar-refractivity contribution in [2.45, 2.75) is 6.54 Å². The fraction of sp³-hybridized carbons (Fsp3) is 0.500. The highest BCUT2D eigenvalue weighted by Crippen LogP contribution is 1.96. The third-order valence-electron chi connectivity index (χ3n) is 2.07. The fourth-order valence-electron chi connectivity index (χ4n) is 1.18. The van der Waals surface area contributed by atoms with E-state index in [-0.39, 0.29) is 18.0 Å². The number of carbonyl (C=O) groups excluding carboxylic acids is 1. The minimum atomic E-state index is -1.05. The number of carboxylic acid groups (broad SMARTS) is 1. The summed E-state index contributed by atoms with van der Waals surface area (Å²) in [6.45, 7) is 1.34. The summed E-state index contributed by atoms with van der Waals surface area (Å²) in [4.78, 5) is 24.0. The van der Waals surface area contributed by atoms with E-state index in [4.69, 9.17) is 5.11 Å². The number of aromatic nitrogens is 2. The van der Waals surface area contributed by atoms with E-state index >= 15 is 0 Å². The van der Waals surface area contributed by atoms with Crippen molar-refractivity contribution < 1.29 is 14.7 Å². The number of likely N-dealkylation sites (N-methyl/N-ethyl adjacent to an activating group) is 1. The first-order valence-electron chi connectivity index (χ1n) is 5.16. The molecule has 0 fully saturated rings. The molecule has 0 unspecified atom stereocenters. The second-order valence-electron chi connectivity index (χ2n) is 3.88. The summed E-state index contributed by atoms with van der Waals surface area (Å²) in [7, 11) is 3.83. The van der Waals surface area contributed by atoms with Crippen LogP contribution in [-0.2, 0) is 11.3 Å². The smallest absolute Gasteiger partial charge is 0.338 e. The molecule has 1 amide bonds. The average molecular weight is 240 g/mol. The van der Waals surface area contributed by atoms with Crippen LogP contribution in [0.3, 0.4) is 0 Å². The molecular weight excluding hydrogens is 224 g/mol. The molecule has 1 aromatic heterocycles. The van der Waals surface area contributed by atoms with Crippen LogP contribution in [0, 0.1) is 0 Å². The van der Waals surface area contributed by atoms with Crippen LogP contribution in [0.5, 0.6) is 0 Å². The molecule has 2 N–H and O–H groups in total. The van der Waals surface area contributed by atoms with Crippen LogP contribution < -0.4 is 5.32 Å². The highest BCUT2D eigenvalue weighted by Gasteiger charge is 2.08. The quantitative estimate of drug-likeness (QED) is 0.683. The van der Waals surface area contributed by atoms with Crippen molar-refractivity contribution in [3.05, 3.63) is 18.0 Å². The summed E-state index contributed by atoms with van der Waals surface area (Å²) < 4.78 is 1.30. The number of hydrogen-bond acceptors (Lipinski definition) is 4. The van der Waals surface area contributed by atoms with Gasteiger partial charge in [-0.05, 0) is 14.1 Å². The van der Waals surface area contributed by atoms with Gasteiger partial charge in [-0.25, -0.2) is 4.79 Å². The van der Waals surface area contributed by atoms with Crippen molar-refractivity contribution >= 4 is 11.9 Å². The van der Waals surface area contributed by atoms with E-state index in [2.05, 4.69) is 10.4 Å². The molecule has 1 rings (SSSR count). The van der Waals surface area contributed by atoms with E-state index in [1.165, 1.54) is 17.1 Å². The van der Waals surface area contributed by atoms with Crippen LogP contribution in [0.4, 0.5) is 0 Å². The summed E-state index contributed by atoms with van der Waals surface area (Å²) in [5.41, 5.74) is 0.0751. The third-order valence-corrected chi connectivity index (χ3v) is 2.07. The number of rotatable bonds is 6. The van der Waals surface area contributed by atoms with E-state index in [0.717, 1.165) is 6.54 Å². The summed E-state index contributed by atoms with van der Waals surface area (Å²) in [5.74, 6) is -1.24. The lowest BCUT2D eigenvalue weighted by molar-refractivity contribution is -0.121. The number of hydrogen-bond donors (Lipinski definition) is 2. The van der Waals surface area contributed by atoms with Crippen molar-refractivity contribution in [3.8, 4) is 0 Å². The van der Waals surface area contributed by atoms with E-state index in [0.29, 0.717) is 6.54 Å². The highest BCUT2D eigenvalue weighted by molar-refractivity contribution is 5.87. The number of amides is 1. The molecule has 0 aliphatic carbocycles. The Morgan fingerprint density at radius 2 is 2.24 bits per heavy atom. The Morgan fingerprint density at radius 1 is 1.53 bits per heavy atom. The van der Waals surface area contributed by atoms with Gasteiger partial charge in [0.25, 0.3) is 0 Å². The van der Waals surface area contributed by atoms with Gasteiger partial charge in [-0.2, -0.15) is 5.10 Å². The maximum Gasteiger partial charge on any atom is 0.338 e. The molecule has 7 heteroatoms. The Bertz CT molecular complexity index is 400. The van der Waals surface area contributed by atoms with Gasteiger partial charge in [0.15, 0.2) is 0 Å². The Balaban J connectivity index is 2.37. The van der Waals surface area contributed by atoms with Crippen molar-refractivity contribution in [3.63, 3.8) is 0 Å². The summed E-state index contributed by atoms with van der Waals surface area (Å²) in [6.07, 6.45) is 2.54. The molecule has 17 heavy (non-hydrogen) atoms. The standard InChI is InChI=1S/C10H16N4O3/c1-13(2)4-3-11-9(15)7-14-6-8(5-12-14)10(16)17/h5-6H,3-4,7H2,1-2H3,(H,11,15)(H,16,17). The Hall–Kier alpha value is -1.89. The maximum absolute atomic E-state index is 11.4. The number of carbonyl (C=O) groups is 2. The molecular formula is C10H16N4O3. The Morgan fingerprint density at radius 3 is 2.76 bits per heavy atom. The first-order chi connectivity index (χ1) is 7.99. The summed E-state index contributed by atoms with van der Waals surface area (Å²) in [6, 6.07) is 0. The molecule has 0 saturated heterocycles. The first-order valence-corrected chi connectivity index (χ1v) is 5.16. The van der Waals surface area contributed by atoms with Gasteiger partial charge in [-0.15, -0.1) is 0 Å². The topological polar surface area (TPSA) is 87.5 Å². The lowest BCUT2D eigenvalue weighted by atomic mass is 10.4. The van der Waals surface area contributed by atoms with E-state index in [1.54, 1.807) is 0 Å². The lowest BCUT2D eigenvalue weighted by Crippen LogP contribution is -2.33. The molecule has 0 aromatic carbocycles. The normalized spacial score (nSPS) is 10.5. The zero-order valence-corrected chi connectivity index (χ0v) is 9.88. The maximum atomic E-state index is 11.4. The van der Waals surface area contributed by atoms with Gasteiger partial charge in [0.1, 0.15) is 6.54 Å². The van der Waals surface area contributed by atoms with Crippen LogP contribution in [0.25, 0.3) is 0 Å². The van der Waals surface area contributed by atoms with Crippen molar-refractivity contribution in [1.29, 1.82) is 0 Å². The SMILES string of the molecule is CN(C)CCNC(=O)Cn1cc(C(=O)O)cn1. The number of nitrogens with zero attached hydrogens (tertiary/aromatic N) is 3. The van der Waals surface area contributed by atoms with Crippen molar-refractivity contribution in [1.82, 2.24) is 20.0 Å². The molecule has 0 spiro atoms. The van der Waals surface area contributed by atoms with Gasteiger partial charge < -0.3 is 15.3 Å². The molecule has 0 atom stereocenters. The summed E-state index contributed by atoms with van der Waals surface area (Å²) >= 11 is 0. The van der Waals surface area contributed by atoms with Crippen molar-refractivity contribution in [2.75, 3.05) is 27.2 Å². The minimum Gasteiger partial charge on any atom is -0.478 e. The van der Waals surface area contributed by atoms with Crippen LogP contribution in [0.1, 0.15) is 10.4 Å². The number of nitrogens with one attached hydrogen (secondary N) is 1. The predicted octanol–water partition coefficient (Wildman–Crippen LogP) is -0.741. The predicted molar refractivity (Wildman–Crippen MR) is 60.8 cm³/mol. The van der Waals surface area contributed by atoms with Crippen LogP contribution >= 0.6 is 0 Å². The zero-order valence-electron chi connectivity index (χ0n) is 9.88. The zero-order chi connectivity index (χ0) is 12.8. The van der Waals surface area contributed by atoms with Crippen LogP contribution in [-0.4, -0.2) is 58.8 Å². The molecule has 0 aliphatic heterocycles. The molecule has 0 radical (unpaired) electrons. The van der Waals surface area contributed by atoms with Crippen LogP contribution in [0.2, 0.25) is 0 Å². The monoisotopic (exact) mass is 240 g/mol. The summed E-state index contributed by atoms with van der Waals surface area (Å²) in [5, 5.41) is 15.2. The van der Waals surface area contributed by atoms with Crippen molar-refractivity contribution in [2.24, 2.45) is 0 Å². The lowest BCUT2D eigenvalue weighted by Gasteiger charge is -2.10. The van der Waals surface area contributed by atoms with Gasteiger partial charge in [0.05, 0.1) is 11.8 Å². The fourth-order valence-corrected chi connectivity index (χ4v) is 1.18. The molecule has 1 aromatic rings. The van der Waals surface area contributed by atoms with E-state index in [9.17, 15) is 9.59 Å². The number of carboxylic acids is 1. The van der Waals surface area contributed by atoms with Gasteiger partial charge in [-0.3, -0.25) is 9.48 Å². The van der Waals surface area contributed by atoms with Gasteiger partial charge in [-0.1, -0.05) is 0 Å². The Kier molecular flexibility index (Phi) is 4.65. The van der Waals surface area contributed by atoms with Crippen LogP contribution in [0.15, 0.2) is 12.4 Å². The molecule has 94 valence electrons. The van der Waals surface area contributed by atoms with E-state index < -0.39 is 5.97 Å². The van der Waals surface area contributed by atoms with Gasteiger partial charge in [0.2, 0.25) is 5.91 Å². The molecule has 0 saturated carbocycles. The number of aromatic carboxylic acids is 1. The van der Waals surface area contributed by atoms with Gasteiger partial charge in [0, 0.05) is 19.3 Å².